The van der Waals surface area contributed by atoms with Crippen molar-refractivity contribution in [2.24, 2.45) is 0 Å². The molecule has 0 saturated carbocycles. The smallest absolute Gasteiger partial charge is 0.337 e. The number of ether oxygens (including phenoxy) is 1. The van der Waals surface area contributed by atoms with Gasteiger partial charge in [-0.05, 0) is 24.6 Å². The second-order valence-electron chi connectivity index (χ2n) is 4.43. The van der Waals surface area contributed by atoms with Crippen LogP contribution in [-0.4, -0.2) is 36.9 Å². The molecule has 0 aliphatic carbocycles. The highest BCUT2D eigenvalue weighted by molar-refractivity contribution is 5.95. The first-order valence-electron chi connectivity index (χ1n) is 6.11. The minimum atomic E-state index is -0.947. The van der Waals surface area contributed by atoms with Gasteiger partial charge in [-0.1, -0.05) is 6.92 Å². The van der Waals surface area contributed by atoms with Crippen LogP contribution in [0, 0.1) is 0 Å². The third-order valence-electron chi connectivity index (χ3n) is 3.19. The maximum Gasteiger partial charge on any atom is 0.337 e. The molecular weight excluding hydrogens is 232 g/mol. The van der Waals surface area contributed by atoms with Crippen molar-refractivity contribution in [3.8, 4) is 0 Å². The maximum absolute atomic E-state index is 11.3. The van der Waals surface area contributed by atoms with Crippen LogP contribution in [0.25, 0.3) is 0 Å². The van der Waals surface area contributed by atoms with E-state index in [2.05, 4.69) is 11.8 Å². The Kier molecular flexibility index (Phi) is 3.72. The Bertz CT molecular complexity index is 448. The predicted molar refractivity (Wildman–Crippen MR) is 70.1 cm³/mol. The van der Waals surface area contributed by atoms with E-state index < -0.39 is 5.97 Å². The Morgan fingerprint density at radius 2 is 2.39 bits per heavy atom. The number of nitrogens with two attached hydrogens (primary N) is 1. The molecule has 1 aliphatic heterocycles. The largest absolute Gasteiger partial charge is 0.478 e. The van der Waals surface area contributed by atoms with E-state index in [0.717, 1.165) is 18.7 Å². The fourth-order valence-corrected chi connectivity index (χ4v) is 2.19. The summed E-state index contributed by atoms with van der Waals surface area (Å²) >= 11 is 0. The SMILES string of the molecule is CCC1CN(c2ccc(N)cc2C(=O)O)CCO1. The molecule has 1 fully saturated rings. The lowest BCUT2D eigenvalue weighted by Crippen LogP contribution is -2.42. The van der Waals surface area contributed by atoms with E-state index >= 15 is 0 Å². The monoisotopic (exact) mass is 250 g/mol. The van der Waals surface area contributed by atoms with E-state index in [-0.39, 0.29) is 11.7 Å². The zero-order valence-electron chi connectivity index (χ0n) is 10.4. The van der Waals surface area contributed by atoms with E-state index in [4.69, 9.17) is 10.5 Å². The summed E-state index contributed by atoms with van der Waals surface area (Å²) in [6.07, 6.45) is 1.09. The Morgan fingerprint density at radius 1 is 1.61 bits per heavy atom. The average molecular weight is 250 g/mol. The Balaban J connectivity index is 2.29. The lowest BCUT2D eigenvalue weighted by molar-refractivity contribution is 0.0382. The van der Waals surface area contributed by atoms with Crippen LogP contribution in [0.4, 0.5) is 11.4 Å². The average Bonchev–Trinajstić information content (AvgIpc) is 2.38. The number of carboxylic acid groups (broad SMARTS) is 1. The minimum absolute atomic E-state index is 0.165. The molecule has 1 unspecified atom stereocenters. The zero-order valence-corrected chi connectivity index (χ0v) is 10.4. The third-order valence-corrected chi connectivity index (χ3v) is 3.19. The van der Waals surface area contributed by atoms with Gasteiger partial charge in [0.2, 0.25) is 0 Å². The molecule has 1 saturated heterocycles. The number of carbonyl (C=O) groups is 1. The number of benzene rings is 1. The van der Waals surface area contributed by atoms with Crippen LogP contribution >= 0.6 is 0 Å². The van der Waals surface area contributed by atoms with Gasteiger partial charge in [-0.3, -0.25) is 0 Å². The molecule has 0 aromatic heterocycles. The molecule has 5 heteroatoms. The number of carboxylic acids is 1. The summed E-state index contributed by atoms with van der Waals surface area (Å²) in [4.78, 5) is 13.3. The fraction of sp³-hybridized carbons (Fsp3) is 0.462. The number of hydrogen-bond donors (Lipinski definition) is 2. The molecule has 98 valence electrons. The molecule has 18 heavy (non-hydrogen) atoms. The molecule has 0 radical (unpaired) electrons. The normalized spacial score (nSPS) is 19.8. The number of rotatable bonds is 3. The van der Waals surface area contributed by atoms with Crippen molar-refractivity contribution in [2.45, 2.75) is 19.4 Å². The summed E-state index contributed by atoms with van der Waals surface area (Å²) in [7, 11) is 0. The summed E-state index contributed by atoms with van der Waals surface area (Å²) in [5.41, 5.74) is 7.09. The van der Waals surface area contributed by atoms with Crippen LogP contribution in [0.15, 0.2) is 18.2 Å². The van der Waals surface area contributed by atoms with Gasteiger partial charge in [0.25, 0.3) is 0 Å². The van der Waals surface area contributed by atoms with Crippen molar-refractivity contribution in [1.82, 2.24) is 0 Å². The maximum atomic E-state index is 11.3. The van der Waals surface area contributed by atoms with Crippen LogP contribution in [0.3, 0.4) is 0 Å². The summed E-state index contributed by atoms with van der Waals surface area (Å²) in [5, 5.41) is 9.23. The third kappa shape index (κ3) is 2.56. The molecule has 1 aliphatic rings. The Morgan fingerprint density at radius 3 is 3.06 bits per heavy atom. The van der Waals surface area contributed by atoms with Crippen molar-refractivity contribution in [3.63, 3.8) is 0 Å². The van der Waals surface area contributed by atoms with E-state index in [1.54, 1.807) is 12.1 Å². The number of morpholine rings is 1. The Labute approximate surface area is 106 Å². The molecule has 1 atom stereocenters. The minimum Gasteiger partial charge on any atom is -0.478 e. The van der Waals surface area contributed by atoms with Gasteiger partial charge in [-0.25, -0.2) is 4.79 Å². The summed E-state index contributed by atoms with van der Waals surface area (Å²) in [6.45, 7) is 4.12. The molecule has 5 nitrogen and oxygen atoms in total. The first-order chi connectivity index (χ1) is 8.61. The van der Waals surface area contributed by atoms with E-state index in [1.165, 1.54) is 6.07 Å². The van der Waals surface area contributed by atoms with Crippen LogP contribution in [-0.2, 0) is 4.74 Å². The lowest BCUT2D eigenvalue weighted by atomic mass is 10.1. The second-order valence-corrected chi connectivity index (χ2v) is 4.43. The van der Waals surface area contributed by atoms with Crippen LogP contribution < -0.4 is 10.6 Å². The van der Waals surface area contributed by atoms with Crippen molar-refractivity contribution < 1.29 is 14.6 Å². The highest BCUT2D eigenvalue weighted by atomic mass is 16.5. The quantitative estimate of drug-likeness (QED) is 0.797. The highest BCUT2D eigenvalue weighted by Gasteiger charge is 2.23. The topological polar surface area (TPSA) is 75.8 Å². The highest BCUT2D eigenvalue weighted by Crippen LogP contribution is 2.25. The van der Waals surface area contributed by atoms with Crippen LogP contribution in [0.5, 0.6) is 0 Å². The standard InChI is InChI=1S/C13H18N2O3/c1-2-10-8-15(5-6-18-10)12-4-3-9(14)7-11(12)13(16)17/h3-4,7,10H,2,5-6,8,14H2,1H3,(H,16,17). The van der Waals surface area contributed by atoms with E-state index in [0.29, 0.717) is 18.8 Å². The molecule has 0 bridgehead atoms. The molecule has 0 spiro atoms. The second kappa shape index (κ2) is 5.27. The summed E-state index contributed by atoms with van der Waals surface area (Å²) in [6, 6.07) is 5.02. The summed E-state index contributed by atoms with van der Waals surface area (Å²) in [5.74, 6) is -0.947. The molecule has 1 aromatic rings. The number of nitrogens with zero attached hydrogens (tertiary/aromatic N) is 1. The van der Waals surface area contributed by atoms with Crippen molar-refractivity contribution in [3.05, 3.63) is 23.8 Å². The first-order valence-corrected chi connectivity index (χ1v) is 6.11. The molecule has 0 amide bonds. The van der Waals surface area contributed by atoms with Crippen LogP contribution in [0.2, 0.25) is 0 Å². The number of aromatic carboxylic acids is 1. The van der Waals surface area contributed by atoms with Gasteiger partial charge in [-0.15, -0.1) is 0 Å². The van der Waals surface area contributed by atoms with Crippen molar-refractivity contribution in [1.29, 1.82) is 0 Å². The van der Waals surface area contributed by atoms with Gasteiger partial charge in [0.05, 0.1) is 24.0 Å². The Hall–Kier alpha value is -1.75. The van der Waals surface area contributed by atoms with E-state index in [9.17, 15) is 9.90 Å². The van der Waals surface area contributed by atoms with Crippen LogP contribution in [0.1, 0.15) is 23.7 Å². The number of hydrogen-bond acceptors (Lipinski definition) is 4. The van der Waals surface area contributed by atoms with Gasteiger partial charge in [0.15, 0.2) is 0 Å². The molecule has 1 aromatic carbocycles. The first kappa shape index (κ1) is 12.7. The van der Waals surface area contributed by atoms with Crippen molar-refractivity contribution >= 4 is 17.3 Å². The van der Waals surface area contributed by atoms with Gasteiger partial charge >= 0.3 is 5.97 Å². The summed E-state index contributed by atoms with van der Waals surface area (Å²) < 4.78 is 5.59. The molecule has 3 N–H and O–H groups in total. The molecule has 1 heterocycles. The van der Waals surface area contributed by atoms with Gasteiger partial charge < -0.3 is 20.5 Å². The molecule has 2 rings (SSSR count). The van der Waals surface area contributed by atoms with E-state index in [1.807, 2.05) is 0 Å². The van der Waals surface area contributed by atoms with Gasteiger partial charge in [-0.2, -0.15) is 0 Å². The predicted octanol–water partition coefficient (Wildman–Crippen LogP) is 1.58. The zero-order chi connectivity index (χ0) is 13.1. The van der Waals surface area contributed by atoms with Gasteiger partial charge in [0.1, 0.15) is 0 Å². The van der Waals surface area contributed by atoms with Gasteiger partial charge in [0, 0.05) is 18.8 Å². The molecular formula is C13H18N2O3. The number of anilines is 2. The lowest BCUT2D eigenvalue weighted by Gasteiger charge is -2.34. The fourth-order valence-electron chi connectivity index (χ4n) is 2.19. The number of nitrogen functional groups attached to an aromatic ring is 1. The van der Waals surface area contributed by atoms with Crippen molar-refractivity contribution in [2.75, 3.05) is 30.3 Å².